The molecule has 1 saturated heterocycles. The molecule has 0 radical (unpaired) electrons. The minimum Gasteiger partial charge on any atom is -0.342 e. The number of carbonyl (C=O) groups is 1. The number of benzene rings is 1. The first-order chi connectivity index (χ1) is 9.53. The Morgan fingerprint density at radius 1 is 1.25 bits per heavy atom. The lowest BCUT2D eigenvalue weighted by molar-refractivity contribution is -0.132. The van der Waals surface area contributed by atoms with E-state index < -0.39 is 0 Å². The molecule has 3 heteroatoms. The van der Waals surface area contributed by atoms with Crippen molar-refractivity contribution in [1.82, 2.24) is 4.90 Å². The molecule has 0 aromatic heterocycles. The number of carbonyl (C=O) groups excluding carboxylic acids is 1. The molecular formula is C17H26N2O. The first-order valence-electron chi connectivity index (χ1n) is 7.57. The molecule has 1 aliphatic heterocycles. The molecule has 1 aromatic carbocycles. The average Bonchev–Trinajstić information content (AvgIpc) is 2.61. The molecule has 0 aliphatic carbocycles. The fourth-order valence-corrected chi connectivity index (χ4v) is 2.93. The normalized spacial score (nSPS) is 20.2. The zero-order chi connectivity index (χ0) is 14.6. The van der Waals surface area contributed by atoms with Gasteiger partial charge in [-0.3, -0.25) is 4.79 Å². The molecule has 1 atom stereocenters. The molecule has 20 heavy (non-hydrogen) atoms. The Bertz CT molecular complexity index is 442. The van der Waals surface area contributed by atoms with Gasteiger partial charge in [-0.15, -0.1) is 0 Å². The van der Waals surface area contributed by atoms with Gasteiger partial charge in [0.25, 0.3) is 0 Å². The summed E-state index contributed by atoms with van der Waals surface area (Å²) < 4.78 is 0. The Morgan fingerprint density at radius 3 is 2.60 bits per heavy atom. The van der Waals surface area contributed by atoms with E-state index in [4.69, 9.17) is 5.73 Å². The van der Waals surface area contributed by atoms with Crippen molar-refractivity contribution in [3.8, 4) is 0 Å². The quantitative estimate of drug-likeness (QED) is 0.921. The van der Waals surface area contributed by atoms with Crippen LogP contribution in [0.25, 0.3) is 0 Å². The topological polar surface area (TPSA) is 46.3 Å². The molecule has 2 N–H and O–H groups in total. The van der Waals surface area contributed by atoms with Crippen LogP contribution in [0.4, 0.5) is 0 Å². The summed E-state index contributed by atoms with van der Waals surface area (Å²) >= 11 is 0. The van der Waals surface area contributed by atoms with E-state index >= 15 is 0 Å². The predicted octanol–water partition coefficient (Wildman–Crippen LogP) is 2.77. The van der Waals surface area contributed by atoms with Crippen LogP contribution < -0.4 is 5.73 Å². The van der Waals surface area contributed by atoms with Gasteiger partial charge in [-0.05, 0) is 30.2 Å². The van der Waals surface area contributed by atoms with E-state index in [0.717, 1.165) is 31.5 Å². The highest BCUT2D eigenvalue weighted by Gasteiger charge is 2.29. The summed E-state index contributed by atoms with van der Waals surface area (Å²) in [6, 6.07) is 9.90. The van der Waals surface area contributed by atoms with Crippen LogP contribution in [0.3, 0.4) is 0 Å². The summed E-state index contributed by atoms with van der Waals surface area (Å²) in [7, 11) is 0. The summed E-state index contributed by atoms with van der Waals surface area (Å²) in [4.78, 5) is 14.8. The lowest BCUT2D eigenvalue weighted by Gasteiger charge is -2.27. The van der Waals surface area contributed by atoms with Gasteiger partial charge in [0.1, 0.15) is 0 Å². The fraction of sp³-hybridized carbons (Fsp3) is 0.588. The van der Waals surface area contributed by atoms with Gasteiger partial charge in [0, 0.05) is 19.6 Å². The van der Waals surface area contributed by atoms with Gasteiger partial charge in [0.05, 0.1) is 5.92 Å². The largest absolute Gasteiger partial charge is 0.342 e. The lowest BCUT2D eigenvalue weighted by Crippen LogP contribution is -2.38. The summed E-state index contributed by atoms with van der Waals surface area (Å²) in [5.41, 5.74) is 7.24. The number of hydrogen-bond acceptors (Lipinski definition) is 2. The molecule has 0 spiro atoms. The maximum atomic E-state index is 12.7. The van der Waals surface area contributed by atoms with Gasteiger partial charge in [0.15, 0.2) is 0 Å². The van der Waals surface area contributed by atoms with E-state index in [2.05, 4.69) is 13.8 Å². The van der Waals surface area contributed by atoms with Crippen LogP contribution in [0.5, 0.6) is 0 Å². The molecule has 1 aliphatic rings. The molecule has 3 nitrogen and oxygen atoms in total. The minimum absolute atomic E-state index is 0.191. The first kappa shape index (κ1) is 15.0. The van der Waals surface area contributed by atoms with Crippen molar-refractivity contribution in [2.45, 2.75) is 39.0 Å². The van der Waals surface area contributed by atoms with Gasteiger partial charge in [-0.1, -0.05) is 44.2 Å². The second-order valence-corrected chi connectivity index (χ2v) is 6.54. The Kier molecular flexibility index (Phi) is 4.81. The Labute approximate surface area is 122 Å². The maximum absolute atomic E-state index is 12.7. The summed E-state index contributed by atoms with van der Waals surface area (Å²) in [5, 5.41) is 0. The zero-order valence-corrected chi connectivity index (χ0v) is 12.6. The van der Waals surface area contributed by atoms with Crippen LogP contribution in [-0.2, 0) is 4.79 Å². The molecule has 110 valence electrons. The molecule has 1 heterocycles. The number of likely N-dealkylation sites (tertiary alicyclic amines) is 1. The number of nitrogens with two attached hydrogens (primary N) is 1. The summed E-state index contributed by atoms with van der Waals surface area (Å²) in [5.74, 6) is -0.00573. The number of nitrogens with zero attached hydrogens (tertiary/aromatic N) is 1. The third-order valence-electron chi connectivity index (χ3n) is 4.39. The monoisotopic (exact) mass is 274 g/mol. The maximum Gasteiger partial charge on any atom is 0.231 e. The van der Waals surface area contributed by atoms with Crippen LogP contribution >= 0.6 is 0 Å². The molecule has 0 saturated carbocycles. The van der Waals surface area contributed by atoms with Crippen molar-refractivity contribution in [3.63, 3.8) is 0 Å². The number of hydrogen-bond donors (Lipinski definition) is 1. The molecule has 1 unspecified atom stereocenters. The Balaban J connectivity index is 2.09. The molecule has 2 rings (SSSR count). The third kappa shape index (κ3) is 3.60. The molecule has 1 fully saturated rings. The van der Waals surface area contributed by atoms with Crippen LogP contribution in [0.1, 0.15) is 44.6 Å². The van der Waals surface area contributed by atoms with Gasteiger partial charge in [-0.25, -0.2) is 0 Å². The molecule has 1 amide bonds. The van der Waals surface area contributed by atoms with E-state index in [1.807, 2.05) is 35.2 Å². The van der Waals surface area contributed by atoms with Gasteiger partial charge in [-0.2, -0.15) is 0 Å². The smallest absolute Gasteiger partial charge is 0.231 e. The van der Waals surface area contributed by atoms with Crippen molar-refractivity contribution in [3.05, 3.63) is 35.9 Å². The highest BCUT2D eigenvalue weighted by Crippen LogP contribution is 2.30. The van der Waals surface area contributed by atoms with E-state index in [1.54, 1.807) is 0 Å². The van der Waals surface area contributed by atoms with Crippen molar-refractivity contribution < 1.29 is 4.79 Å². The lowest BCUT2D eigenvalue weighted by atomic mass is 9.85. The summed E-state index contributed by atoms with van der Waals surface area (Å²) in [6.07, 6.45) is 3.35. The van der Waals surface area contributed by atoms with E-state index in [-0.39, 0.29) is 11.8 Å². The van der Waals surface area contributed by atoms with Crippen LogP contribution in [0.15, 0.2) is 30.3 Å². The van der Waals surface area contributed by atoms with Gasteiger partial charge >= 0.3 is 0 Å². The molecule has 0 bridgehead atoms. The number of amides is 1. The minimum atomic E-state index is -0.197. The zero-order valence-electron chi connectivity index (χ0n) is 12.6. The standard InChI is InChI=1S/C17H26N2O/c1-17(2)9-6-11-19(12-10-17)16(20)15(13-18)14-7-4-3-5-8-14/h3-5,7-8,15H,6,9-13,18H2,1-2H3. The van der Waals surface area contributed by atoms with E-state index in [0.29, 0.717) is 12.0 Å². The summed E-state index contributed by atoms with van der Waals surface area (Å²) in [6.45, 7) is 6.68. The van der Waals surface area contributed by atoms with E-state index in [9.17, 15) is 4.79 Å². The van der Waals surface area contributed by atoms with Crippen molar-refractivity contribution >= 4 is 5.91 Å². The van der Waals surface area contributed by atoms with Gasteiger partial charge < -0.3 is 10.6 Å². The van der Waals surface area contributed by atoms with Gasteiger partial charge in [0.2, 0.25) is 5.91 Å². The highest BCUT2D eigenvalue weighted by atomic mass is 16.2. The van der Waals surface area contributed by atoms with Crippen LogP contribution in [0, 0.1) is 5.41 Å². The SMILES string of the molecule is CC1(C)CCCN(C(=O)C(CN)c2ccccc2)CC1. The van der Waals surface area contributed by atoms with E-state index in [1.165, 1.54) is 6.42 Å². The van der Waals surface area contributed by atoms with Crippen molar-refractivity contribution in [2.75, 3.05) is 19.6 Å². The second kappa shape index (κ2) is 6.40. The average molecular weight is 274 g/mol. The van der Waals surface area contributed by atoms with Crippen molar-refractivity contribution in [1.29, 1.82) is 0 Å². The van der Waals surface area contributed by atoms with Crippen LogP contribution in [-0.4, -0.2) is 30.4 Å². The fourth-order valence-electron chi connectivity index (χ4n) is 2.93. The Hall–Kier alpha value is -1.35. The molecule has 1 aromatic rings. The molecular weight excluding hydrogens is 248 g/mol. The number of rotatable bonds is 3. The second-order valence-electron chi connectivity index (χ2n) is 6.54. The third-order valence-corrected chi connectivity index (χ3v) is 4.39. The first-order valence-corrected chi connectivity index (χ1v) is 7.57. The predicted molar refractivity (Wildman–Crippen MR) is 82.4 cm³/mol. The van der Waals surface area contributed by atoms with Crippen LogP contribution in [0.2, 0.25) is 0 Å². The Morgan fingerprint density at radius 2 is 1.95 bits per heavy atom. The van der Waals surface area contributed by atoms with Crippen molar-refractivity contribution in [2.24, 2.45) is 11.1 Å². The highest BCUT2D eigenvalue weighted by molar-refractivity contribution is 5.84.